The van der Waals surface area contributed by atoms with Crippen LogP contribution in [0.2, 0.25) is 0 Å². The second kappa shape index (κ2) is 4.66. The van der Waals surface area contributed by atoms with E-state index in [1.54, 1.807) is 6.20 Å². The predicted molar refractivity (Wildman–Crippen MR) is 59.7 cm³/mol. The highest BCUT2D eigenvalue weighted by Crippen LogP contribution is 2.21. The largest absolute Gasteiger partial charge is 0.396 e. The molecule has 1 saturated heterocycles. The molecule has 0 unspecified atom stereocenters. The monoisotopic (exact) mass is 216 g/mol. The molecule has 1 fully saturated rings. The van der Waals surface area contributed by atoms with Gasteiger partial charge in [0.15, 0.2) is 0 Å². The van der Waals surface area contributed by atoms with Crippen LogP contribution in [0.25, 0.3) is 0 Å². The summed E-state index contributed by atoms with van der Waals surface area (Å²) in [5, 5.41) is 4.24. The normalized spacial score (nSPS) is 19.2. The third kappa shape index (κ3) is 2.39. The van der Waals surface area contributed by atoms with Crippen LogP contribution in [-0.2, 0) is 0 Å². The van der Waals surface area contributed by atoms with Gasteiger partial charge in [0.05, 0.1) is 17.9 Å². The second-order valence-electron chi connectivity index (χ2n) is 3.79. The minimum Gasteiger partial charge on any atom is -0.396 e. The molecule has 0 radical (unpaired) electrons. The lowest BCUT2D eigenvalue weighted by molar-refractivity contribution is 0.212. The van der Waals surface area contributed by atoms with E-state index >= 15 is 0 Å². The number of rotatable bonds is 1. The van der Waals surface area contributed by atoms with Crippen LogP contribution < -0.4 is 5.73 Å². The average molecular weight is 217 g/mol. The van der Waals surface area contributed by atoms with E-state index < -0.39 is 0 Å². The van der Waals surface area contributed by atoms with E-state index in [9.17, 15) is 0 Å². The van der Waals surface area contributed by atoms with Crippen molar-refractivity contribution in [3.63, 3.8) is 0 Å². The molecule has 2 rings (SSSR count). The summed E-state index contributed by atoms with van der Waals surface area (Å²) in [5.41, 5.74) is 6.38. The Morgan fingerprint density at radius 2 is 2.07 bits per heavy atom. The van der Waals surface area contributed by atoms with Gasteiger partial charge in [0.2, 0.25) is 0 Å². The van der Waals surface area contributed by atoms with Gasteiger partial charge in [-0.1, -0.05) is 0 Å². The number of nitrogens with zero attached hydrogens (tertiary/aromatic N) is 3. The van der Waals surface area contributed by atoms with Gasteiger partial charge in [-0.2, -0.15) is 5.10 Å². The Bertz CT molecular complexity index is 278. The summed E-state index contributed by atoms with van der Waals surface area (Å²) in [6, 6.07) is 0.550. The lowest BCUT2D eigenvalue weighted by Gasteiger charge is -2.28. The van der Waals surface area contributed by atoms with Gasteiger partial charge in [-0.25, -0.2) is 0 Å². The van der Waals surface area contributed by atoms with E-state index in [0.29, 0.717) is 6.04 Å². The van der Waals surface area contributed by atoms with Gasteiger partial charge in [-0.3, -0.25) is 4.68 Å². The summed E-state index contributed by atoms with van der Waals surface area (Å²) in [6.07, 6.45) is 6.00. The summed E-state index contributed by atoms with van der Waals surface area (Å²) in [7, 11) is 2.16. The van der Waals surface area contributed by atoms with Gasteiger partial charge in [0.1, 0.15) is 0 Å². The first kappa shape index (κ1) is 11.3. The van der Waals surface area contributed by atoms with Crippen molar-refractivity contribution in [1.82, 2.24) is 14.7 Å². The van der Waals surface area contributed by atoms with E-state index in [1.165, 1.54) is 12.8 Å². The van der Waals surface area contributed by atoms with Crippen molar-refractivity contribution in [3.05, 3.63) is 12.4 Å². The lowest BCUT2D eigenvalue weighted by Crippen LogP contribution is -2.31. The zero-order valence-corrected chi connectivity index (χ0v) is 9.20. The maximum absolute atomic E-state index is 5.62. The van der Waals surface area contributed by atoms with Gasteiger partial charge < -0.3 is 10.6 Å². The first-order chi connectivity index (χ1) is 6.25. The quantitative estimate of drug-likeness (QED) is 0.766. The highest BCUT2D eigenvalue weighted by atomic mass is 35.5. The van der Waals surface area contributed by atoms with Crippen LogP contribution in [0.5, 0.6) is 0 Å². The Kier molecular flexibility index (Phi) is 3.77. The summed E-state index contributed by atoms with van der Waals surface area (Å²) in [5.74, 6) is 0. The number of halogens is 1. The number of aromatic nitrogens is 2. The van der Waals surface area contributed by atoms with E-state index in [1.807, 2.05) is 10.9 Å². The fourth-order valence-electron chi connectivity index (χ4n) is 1.81. The van der Waals surface area contributed by atoms with Crippen molar-refractivity contribution in [2.75, 3.05) is 25.9 Å². The van der Waals surface area contributed by atoms with Crippen molar-refractivity contribution >= 4 is 18.1 Å². The molecule has 0 amide bonds. The van der Waals surface area contributed by atoms with Gasteiger partial charge in [-0.15, -0.1) is 12.4 Å². The Labute approximate surface area is 90.5 Å². The first-order valence-corrected chi connectivity index (χ1v) is 4.74. The fourth-order valence-corrected chi connectivity index (χ4v) is 1.81. The van der Waals surface area contributed by atoms with E-state index in [2.05, 4.69) is 17.0 Å². The molecule has 1 aliphatic rings. The van der Waals surface area contributed by atoms with Crippen LogP contribution in [0.15, 0.2) is 12.4 Å². The predicted octanol–water partition coefficient (Wildman–Crippen LogP) is 1.15. The van der Waals surface area contributed by atoms with Crippen molar-refractivity contribution in [2.45, 2.75) is 18.9 Å². The number of anilines is 1. The SMILES string of the molecule is CN1CCC(n2cc(N)cn2)CC1.Cl. The van der Waals surface area contributed by atoms with Gasteiger partial charge in [0, 0.05) is 6.20 Å². The topological polar surface area (TPSA) is 47.1 Å². The smallest absolute Gasteiger partial charge is 0.0719 e. The molecule has 0 aliphatic carbocycles. The highest BCUT2D eigenvalue weighted by Gasteiger charge is 2.18. The number of hydrogen-bond acceptors (Lipinski definition) is 3. The maximum Gasteiger partial charge on any atom is 0.0719 e. The van der Waals surface area contributed by atoms with Crippen molar-refractivity contribution < 1.29 is 0 Å². The summed E-state index contributed by atoms with van der Waals surface area (Å²) >= 11 is 0. The molecule has 0 atom stereocenters. The molecule has 2 heterocycles. The maximum atomic E-state index is 5.62. The minimum atomic E-state index is 0. The van der Waals surface area contributed by atoms with Gasteiger partial charge in [-0.05, 0) is 33.0 Å². The van der Waals surface area contributed by atoms with Gasteiger partial charge in [0.25, 0.3) is 0 Å². The Morgan fingerprint density at radius 3 is 2.57 bits per heavy atom. The molecular formula is C9H17ClN4. The Morgan fingerprint density at radius 1 is 1.43 bits per heavy atom. The summed E-state index contributed by atoms with van der Waals surface area (Å²) < 4.78 is 2.00. The molecule has 0 saturated carbocycles. The van der Waals surface area contributed by atoms with Gasteiger partial charge >= 0.3 is 0 Å². The molecule has 1 aliphatic heterocycles. The Hall–Kier alpha value is -0.740. The molecule has 14 heavy (non-hydrogen) atoms. The van der Waals surface area contributed by atoms with Crippen LogP contribution in [0.1, 0.15) is 18.9 Å². The van der Waals surface area contributed by atoms with E-state index in [-0.39, 0.29) is 12.4 Å². The second-order valence-corrected chi connectivity index (χ2v) is 3.79. The minimum absolute atomic E-state index is 0. The number of piperidine rings is 1. The fraction of sp³-hybridized carbons (Fsp3) is 0.667. The molecule has 0 bridgehead atoms. The third-order valence-corrected chi connectivity index (χ3v) is 2.68. The Balaban J connectivity index is 0.000000980. The van der Waals surface area contributed by atoms with Crippen molar-refractivity contribution in [2.24, 2.45) is 0 Å². The molecule has 0 spiro atoms. The number of nitrogen functional groups attached to an aromatic ring is 1. The average Bonchev–Trinajstić information content (AvgIpc) is 2.53. The third-order valence-electron chi connectivity index (χ3n) is 2.68. The van der Waals surface area contributed by atoms with E-state index in [4.69, 9.17) is 5.73 Å². The molecule has 1 aromatic rings. The molecule has 80 valence electrons. The standard InChI is InChI=1S/C9H16N4.ClH/c1-12-4-2-9(3-5-12)13-7-8(10)6-11-13;/h6-7,9H,2-5,10H2,1H3;1H. The zero-order valence-electron chi connectivity index (χ0n) is 8.39. The lowest BCUT2D eigenvalue weighted by atomic mass is 10.1. The van der Waals surface area contributed by atoms with Crippen LogP contribution in [0, 0.1) is 0 Å². The molecule has 2 N–H and O–H groups in total. The van der Waals surface area contributed by atoms with Crippen LogP contribution in [0.3, 0.4) is 0 Å². The molecule has 1 aromatic heterocycles. The molecule has 0 aromatic carbocycles. The molecule has 4 nitrogen and oxygen atoms in total. The highest BCUT2D eigenvalue weighted by molar-refractivity contribution is 5.85. The molecular weight excluding hydrogens is 200 g/mol. The van der Waals surface area contributed by atoms with Crippen LogP contribution in [-0.4, -0.2) is 34.8 Å². The van der Waals surface area contributed by atoms with E-state index in [0.717, 1.165) is 18.8 Å². The van der Waals surface area contributed by atoms with Crippen LogP contribution >= 0.6 is 12.4 Å². The summed E-state index contributed by atoms with van der Waals surface area (Å²) in [4.78, 5) is 2.35. The number of likely N-dealkylation sites (tertiary alicyclic amines) is 1. The van der Waals surface area contributed by atoms with Crippen molar-refractivity contribution in [3.8, 4) is 0 Å². The summed E-state index contributed by atoms with van der Waals surface area (Å²) in [6.45, 7) is 2.31. The first-order valence-electron chi connectivity index (χ1n) is 4.74. The number of hydrogen-bond donors (Lipinski definition) is 1. The van der Waals surface area contributed by atoms with Crippen LogP contribution in [0.4, 0.5) is 5.69 Å². The van der Waals surface area contributed by atoms with Crippen molar-refractivity contribution in [1.29, 1.82) is 0 Å². The zero-order chi connectivity index (χ0) is 9.26. The number of nitrogens with two attached hydrogens (primary N) is 1. The molecule has 5 heteroatoms.